The van der Waals surface area contributed by atoms with Gasteiger partial charge in [-0.1, -0.05) is 110 Å². The number of alkyl carbamates (subject to hydrolysis) is 1. The van der Waals surface area contributed by atoms with Crippen molar-refractivity contribution in [3.8, 4) is 0 Å². The van der Waals surface area contributed by atoms with Gasteiger partial charge in [-0.25, -0.2) is 4.79 Å². The van der Waals surface area contributed by atoms with Gasteiger partial charge >= 0.3 is 6.09 Å². The van der Waals surface area contributed by atoms with Crippen LogP contribution in [-0.2, 0) is 4.74 Å². The van der Waals surface area contributed by atoms with Crippen molar-refractivity contribution in [3.63, 3.8) is 0 Å². The summed E-state index contributed by atoms with van der Waals surface area (Å²) in [7, 11) is 0. The highest BCUT2D eigenvalue weighted by Crippen LogP contribution is 2.13. The number of hydrogen-bond acceptors (Lipinski definition) is 2. The second-order valence-corrected chi connectivity index (χ2v) is 7.37. The molecule has 0 rings (SSSR count). The molecule has 1 N–H and O–H groups in total. The van der Waals surface area contributed by atoms with Crippen LogP contribution in [-0.4, -0.2) is 19.2 Å². The number of unbranched alkanes of at least 4 members (excludes halogenated alkanes) is 15. The Bertz CT molecular complexity index is 269. The zero-order valence-electron chi connectivity index (χ0n) is 17.3. The molecule has 0 spiro atoms. The molecular formula is C22H45NO2. The molecule has 0 radical (unpaired) electrons. The molecule has 0 heterocycles. The van der Waals surface area contributed by atoms with Gasteiger partial charge in [0, 0.05) is 6.54 Å². The van der Waals surface area contributed by atoms with E-state index in [1.54, 1.807) is 0 Å². The van der Waals surface area contributed by atoms with Crippen LogP contribution in [0.3, 0.4) is 0 Å². The SMILES string of the molecule is CCCCCCCCCCCCCCCCCCOC(=O)NCCC. The maximum atomic E-state index is 11.2. The number of nitrogens with one attached hydrogen (secondary N) is 1. The van der Waals surface area contributed by atoms with Gasteiger partial charge in [0.2, 0.25) is 0 Å². The average molecular weight is 356 g/mol. The van der Waals surface area contributed by atoms with Crippen LogP contribution in [0.5, 0.6) is 0 Å². The summed E-state index contributed by atoms with van der Waals surface area (Å²) in [5, 5.41) is 2.73. The van der Waals surface area contributed by atoms with Gasteiger partial charge in [-0.15, -0.1) is 0 Å². The summed E-state index contributed by atoms with van der Waals surface area (Å²) < 4.78 is 5.11. The van der Waals surface area contributed by atoms with Crippen molar-refractivity contribution >= 4 is 6.09 Å². The lowest BCUT2D eigenvalue weighted by Crippen LogP contribution is -2.25. The largest absolute Gasteiger partial charge is 0.450 e. The number of amides is 1. The van der Waals surface area contributed by atoms with Crippen molar-refractivity contribution in [1.82, 2.24) is 5.32 Å². The average Bonchev–Trinajstić information content (AvgIpc) is 2.62. The summed E-state index contributed by atoms with van der Waals surface area (Å²) in [5.74, 6) is 0. The van der Waals surface area contributed by atoms with Crippen LogP contribution in [0.15, 0.2) is 0 Å². The second kappa shape index (κ2) is 21.3. The van der Waals surface area contributed by atoms with E-state index in [0.717, 1.165) is 12.8 Å². The van der Waals surface area contributed by atoms with Gasteiger partial charge in [-0.05, 0) is 12.8 Å². The summed E-state index contributed by atoms with van der Waals surface area (Å²) in [5.41, 5.74) is 0. The van der Waals surface area contributed by atoms with Crippen molar-refractivity contribution in [1.29, 1.82) is 0 Å². The lowest BCUT2D eigenvalue weighted by molar-refractivity contribution is 0.144. The monoisotopic (exact) mass is 355 g/mol. The first-order chi connectivity index (χ1) is 12.3. The number of rotatable bonds is 19. The fourth-order valence-electron chi connectivity index (χ4n) is 3.09. The Morgan fingerprint density at radius 2 is 1.00 bits per heavy atom. The summed E-state index contributed by atoms with van der Waals surface area (Å²) in [4.78, 5) is 11.2. The van der Waals surface area contributed by atoms with Crippen LogP contribution in [0.25, 0.3) is 0 Å². The zero-order chi connectivity index (χ0) is 18.4. The van der Waals surface area contributed by atoms with Gasteiger partial charge in [0.1, 0.15) is 0 Å². The Hall–Kier alpha value is -0.730. The molecule has 150 valence electrons. The molecule has 0 bridgehead atoms. The highest BCUT2D eigenvalue weighted by atomic mass is 16.5. The van der Waals surface area contributed by atoms with Crippen LogP contribution in [0.4, 0.5) is 4.79 Å². The minimum atomic E-state index is -0.261. The van der Waals surface area contributed by atoms with E-state index >= 15 is 0 Å². The van der Waals surface area contributed by atoms with E-state index < -0.39 is 0 Å². The van der Waals surface area contributed by atoms with Crippen LogP contribution in [0.2, 0.25) is 0 Å². The third-order valence-corrected chi connectivity index (χ3v) is 4.75. The molecule has 0 aliphatic carbocycles. The first-order valence-corrected chi connectivity index (χ1v) is 11.2. The van der Waals surface area contributed by atoms with Gasteiger partial charge in [-0.2, -0.15) is 0 Å². The molecule has 0 aliphatic heterocycles. The molecule has 0 aromatic rings. The van der Waals surface area contributed by atoms with Crippen molar-refractivity contribution in [2.75, 3.05) is 13.2 Å². The van der Waals surface area contributed by atoms with Crippen molar-refractivity contribution in [2.24, 2.45) is 0 Å². The molecule has 0 aromatic carbocycles. The van der Waals surface area contributed by atoms with E-state index in [2.05, 4.69) is 12.2 Å². The topological polar surface area (TPSA) is 38.3 Å². The highest BCUT2D eigenvalue weighted by Gasteiger charge is 1.99. The first kappa shape index (κ1) is 24.3. The summed E-state index contributed by atoms with van der Waals surface area (Å²) >= 11 is 0. The third kappa shape index (κ3) is 21.2. The van der Waals surface area contributed by atoms with E-state index in [4.69, 9.17) is 4.74 Å². The fourth-order valence-corrected chi connectivity index (χ4v) is 3.09. The lowest BCUT2D eigenvalue weighted by Gasteiger charge is -2.06. The predicted molar refractivity (Wildman–Crippen MR) is 109 cm³/mol. The van der Waals surface area contributed by atoms with E-state index in [1.165, 1.54) is 96.3 Å². The number of ether oxygens (including phenoxy) is 1. The maximum Gasteiger partial charge on any atom is 0.407 e. The Kier molecular flexibility index (Phi) is 20.7. The van der Waals surface area contributed by atoms with Gasteiger partial charge in [0.25, 0.3) is 0 Å². The molecular weight excluding hydrogens is 310 g/mol. The lowest BCUT2D eigenvalue weighted by atomic mass is 10.0. The fraction of sp³-hybridized carbons (Fsp3) is 0.955. The minimum absolute atomic E-state index is 0.261. The molecule has 0 saturated carbocycles. The third-order valence-electron chi connectivity index (χ3n) is 4.75. The number of carbonyl (C=O) groups is 1. The molecule has 0 unspecified atom stereocenters. The Morgan fingerprint density at radius 1 is 0.600 bits per heavy atom. The van der Waals surface area contributed by atoms with E-state index in [1.807, 2.05) is 6.92 Å². The summed E-state index contributed by atoms with van der Waals surface area (Å²) in [6.07, 6.45) is 22.5. The molecule has 3 nitrogen and oxygen atoms in total. The Morgan fingerprint density at radius 3 is 1.40 bits per heavy atom. The van der Waals surface area contributed by atoms with Crippen molar-refractivity contribution < 1.29 is 9.53 Å². The maximum absolute atomic E-state index is 11.2. The Labute approximate surface area is 157 Å². The zero-order valence-corrected chi connectivity index (χ0v) is 17.3. The van der Waals surface area contributed by atoms with Gasteiger partial charge in [-0.3, -0.25) is 0 Å². The molecule has 0 aromatic heterocycles. The normalized spacial score (nSPS) is 10.8. The molecule has 0 aliphatic rings. The highest BCUT2D eigenvalue weighted by molar-refractivity contribution is 5.66. The molecule has 25 heavy (non-hydrogen) atoms. The van der Waals surface area contributed by atoms with Crippen molar-refractivity contribution in [2.45, 2.75) is 123 Å². The molecule has 3 heteroatoms. The quantitative estimate of drug-likeness (QED) is 0.245. The van der Waals surface area contributed by atoms with Crippen molar-refractivity contribution in [3.05, 3.63) is 0 Å². The molecule has 1 amide bonds. The predicted octanol–water partition coefficient (Wildman–Crippen LogP) is 7.38. The second-order valence-electron chi connectivity index (χ2n) is 7.37. The first-order valence-electron chi connectivity index (χ1n) is 11.2. The Balaban J connectivity index is 3.04. The van der Waals surface area contributed by atoms with Crippen LogP contribution >= 0.6 is 0 Å². The van der Waals surface area contributed by atoms with Crippen LogP contribution in [0, 0.1) is 0 Å². The van der Waals surface area contributed by atoms with Crippen LogP contribution < -0.4 is 5.32 Å². The standard InChI is InChI=1S/C22H45NO2/c1-3-5-6-7-8-9-10-11-12-13-14-15-16-17-18-19-21-25-22(24)23-20-4-2/h3-21H2,1-2H3,(H,23,24). The molecule has 0 atom stereocenters. The number of carbonyl (C=O) groups excluding carboxylic acids is 1. The molecule has 0 saturated heterocycles. The van der Waals surface area contributed by atoms with Crippen LogP contribution in [0.1, 0.15) is 123 Å². The minimum Gasteiger partial charge on any atom is -0.450 e. The summed E-state index contributed by atoms with van der Waals surface area (Å²) in [6.45, 7) is 5.59. The summed E-state index contributed by atoms with van der Waals surface area (Å²) in [6, 6.07) is 0. The molecule has 0 fully saturated rings. The smallest absolute Gasteiger partial charge is 0.407 e. The van der Waals surface area contributed by atoms with Gasteiger partial charge in [0.15, 0.2) is 0 Å². The van der Waals surface area contributed by atoms with E-state index in [9.17, 15) is 4.79 Å². The van der Waals surface area contributed by atoms with Gasteiger partial charge < -0.3 is 10.1 Å². The number of hydrogen-bond donors (Lipinski definition) is 1. The van der Waals surface area contributed by atoms with E-state index in [0.29, 0.717) is 13.2 Å². The van der Waals surface area contributed by atoms with Gasteiger partial charge in [0.05, 0.1) is 6.61 Å². The van der Waals surface area contributed by atoms with E-state index in [-0.39, 0.29) is 6.09 Å².